The second-order valence-corrected chi connectivity index (χ2v) is 7.69. The number of carbonyl (C=O) groups is 2. The molecule has 0 bridgehead atoms. The van der Waals surface area contributed by atoms with Crippen LogP contribution < -0.4 is 10.1 Å². The van der Waals surface area contributed by atoms with Crippen LogP contribution in [0.3, 0.4) is 0 Å². The highest BCUT2D eigenvalue weighted by Gasteiger charge is 2.41. The van der Waals surface area contributed by atoms with E-state index in [4.69, 9.17) is 14.2 Å². The van der Waals surface area contributed by atoms with Crippen molar-refractivity contribution < 1.29 is 28.2 Å². The number of ether oxygens (including phenoxy) is 3. The molecule has 31 heavy (non-hydrogen) atoms. The first-order valence-corrected chi connectivity index (χ1v) is 10.4. The van der Waals surface area contributed by atoms with Crippen molar-refractivity contribution in [2.45, 2.75) is 44.6 Å². The van der Waals surface area contributed by atoms with Crippen LogP contribution in [0.4, 0.5) is 10.1 Å². The molecule has 3 rings (SSSR count). The van der Waals surface area contributed by atoms with Crippen LogP contribution in [0.1, 0.15) is 49.0 Å². The zero-order chi connectivity index (χ0) is 22.4. The van der Waals surface area contributed by atoms with Gasteiger partial charge in [-0.2, -0.15) is 0 Å². The van der Waals surface area contributed by atoms with Gasteiger partial charge in [-0.25, -0.2) is 9.18 Å². The highest BCUT2D eigenvalue weighted by molar-refractivity contribution is 6.01. The van der Waals surface area contributed by atoms with Gasteiger partial charge in [0, 0.05) is 18.9 Å². The van der Waals surface area contributed by atoms with Crippen LogP contribution in [0.2, 0.25) is 0 Å². The highest BCUT2D eigenvalue weighted by Crippen LogP contribution is 2.37. The summed E-state index contributed by atoms with van der Waals surface area (Å²) in [6.45, 7) is 4.76. The van der Waals surface area contributed by atoms with Gasteiger partial charge in [0.1, 0.15) is 17.1 Å². The molecule has 2 aromatic rings. The van der Waals surface area contributed by atoms with Gasteiger partial charge in [-0.15, -0.1) is 0 Å². The summed E-state index contributed by atoms with van der Waals surface area (Å²) in [5.41, 5.74) is 0.585. The molecule has 0 unspecified atom stereocenters. The topological polar surface area (TPSA) is 73.9 Å². The molecule has 166 valence electrons. The quantitative estimate of drug-likeness (QED) is 0.657. The lowest BCUT2D eigenvalue weighted by Crippen LogP contribution is -2.44. The first-order chi connectivity index (χ1) is 14.9. The number of methoxy groups -OCH3 is 1. The Morgan fingerprint density at radius 3 is 2.45 bits per heavy atom. The Hall–Kier alpha value is -2.93. The molecule has 6 nitrogen and oxygen atoms in total. The Labute approximate surface area is 181 Å². The van der Waals surface area contributed by atoms with Gasteiger partial charge in [0.25, 0.3) is 0 Å². The number of esters is 1. The molecule has 7 heteroatoms. The molecule has 0 radical (unpaired) electrons. The number of hydrogen-bond donors (Lipinski definition) is 1. The van der Waals surface area contributed by atoms with Gasteiger partial charge in [0.15, 0.2) is 0 Å². The molecule has 1 heterocycles. The Balaban J connectivity index is 1.91. The molecule has 1 atom stereocenters. The van der Waals surface area contributed by atoms with Crippen molar-refractivity contribution in [3.8, 4) is 5.75 Å². The SMILES string of the molecule is CC[C@@H](C)Oc1ccc(NC(=O)C2(c3ccc(F)cc3)CCOCC2)cc1C(=O)OC. The van der Waals surface area contributed by atoms with E-state index in [1.165, 1.54) is 19.2 Å². The average molecular weight is 429 g/mol. The maximum Gasteiger partial charge on any atom is 0.341 e. The first kappa shape index (κ1) is 22.7. The fraction of sp³-hybridized carbons (Fsp3) is 0.417. The monoisotopic (exact) mass is 429 g/mol. The number of nitrogens with one attached hydrogen (secondary N) is 1. The van der Waals surface area contributed by atoms with E-state index < -0.39 is 11.4 Å². The third-order valence-corrected chi connectivity index (χ3v) is 5.72. The minimum atomic E-state index is -0.844. The summed E-state index contributed by atoms with van der Waals surface area (Å²) >= 11 is 0. The molecule has 0 aromatic heterocycles. The van der Waals surface area contributed by atoms with E-state index in [9.17, 15) is 14.0 Å². The molecular weight excluding hydrogens is 401 g/mol. The summed E-state index contributed by atoms with van der Waals surface area (Å²) in [7, 11) is 1.30. The van der Waals surface area contributed by atoms with Crippen molar-refractivity contribution in [3.63, 3.8) is 0 Å². The molecule has 1 saturated heterocycles. The summed E-state index contributed by atoms with van der Waals surface area (Å²) in [6.07, 6.45) is 1.65. The Morgan fingerprint density at radius 1 is 1.16 bits per heavy atom. The average Bonchev–Trinajstić information content (AvgIpc) is 2.80. The molecule has 1 aliphatic heterocycles. The van der Waals surface area contributed by atoms with Crippen molar-refractivity contribution in [1.29, 1.82) is 0 Å². The second-order valence-electron chi connectivity index (χ2n) is 7.69. The third-order valence-electron chi connectivity index (χ3n) is 5.72. The van der Waals surface area contributed by atoms with E-state index in [0.717, 1.165) is 12.0 Å². The predicted octanol–water partition coefficient (Wildman–Crippen LogP) is 4.48. The van der Waals surface area contributed by atoms with Gasteiger partial charge >= 0.3 is 5.97 Å². The lowest BCUT2D eigenvalue weighted by Gasteiger charge is -2.36. The summed E-state index contributed by atoms with van der Waals surface area (Å²) in [4.78, 5) is 25.7. The predicted molar refractivity (Wildman–Crippen MR) is 115 cm³/mol. The summed E-state index contributed by atoms with van der Waals surface area (Å²) in [5, 5.41) is 2.93. The van der Waals surface area contributed by atoms with Gasteiger partial charge < -0.3 is 19.5 Å². The van der Waals surface area contributed by atoms with E-state index in [0.29, 0.717) is 37.5 Å². The number of benzene rings is 2. The van der Waals surface area contributed by atoms with Crippen molar-refractivity contribution in [2.24, 2.45) is 0 Å². The van der Waals surface area contributed by atoms with Crippen LogP contribution >= 0.6 is 0 Å². The van der Waals surface area contributed by atoms with Crippen LogP contribution in [0.25, 0.3) is 0 Å². The van der Waals surface area contributed by atoms with Crippen molar-refractivity contribution in [1.82, 2.24) is 0 Å². The Bertz CT molecular complexity index is 922. The third kappa shape index (κ3) is 5.05. The highest BCUT2D eigenvalue weighted by atomic mass is 19.1. The summed E-state index contributed by atoms with van der Waals surface area (Å²) in [6, 6.07) is 10.9. The minimum Gasteiger partial charge on any atom is -0.490 e. The van der Waals surface area contributed by atoms with Gasteiger partial charge in [-0.05, 0) is 62.1 Å². The Kier molecular flexibility index (Phi) is 7.28. The fourth-order valence-electron chi connectivity index (χ4n) is 3.67. The van der Waals surface area contributed by atoms with E-state index in [2.05, 4.69) is 5.32 Å². The largest absolute Gasteiger partial charge is 0.490 e. The normalized spacial score (nSPS) is 16.3. The molecule has 0 saturated carbocycles. The van der Waals surface area contributed by atoms with Crippen molar-refractivity contribution in [2.75, 3.05) is 25.6 Å². The molecule has 2 aromatic carbocycles. The minimum absolute atomic E-state index is 0.0761. The number of anilines is 1. The van der Waals surface area contributed by atoms with Gasteiger partial charge in [0.2, 0.25) is 5.91 Å². The van der Waals surface area contributed by atoms with E-state index in [-0.39, 0.29) is 23.4 Å². The summed E-state index contributed by atoms with van der Waals surface area (Å²) in [5.74, 6) is -0.730. The summed E-state index contributed by atoms with van der Waals surface area (Å²) < 4.78 is 29.6. The number of carbonyl (C=O) groups excluding carboxylic acids is 2. The maximum absolute atomic E-state index is 13.5. The lowest BCUT2D eigenvalue weighted by molar-refractivity contribution is -0.125. The van der Waals surface area contributed by atoms with Crippen LogP contribution in [0.15, 0.2) is 42.5 Å². The van der Waals surface area contributed by atoms with Crippen molar-refractivity contribution >= 4 is 17.6 Å². The number of amides is 1. The molecule has 1 N–H and O–H groups in total. The smallest absolute Gasteiger partial charge is 0.341 e. The number of hydrogen-bond acceptors (Lipinski definition) is 5. The zero-order valence-corrected chi connectivity index (χ0v) is 18.1. The number of halogens is 1. The Morgan fingerprint density at radius 2 is 1.84 bits per heavy atom. The maximum atomic E-state index is 13.5. The van der Waals surface area contributed by atoms with Gasteiger partial charge in [-0.3, -0.25) is 4.79 Å². The molecular formula is C24H28FNO5. The van der Waals surface area contributed by atoms with E-state index >= 15 is 0 Å². The molecule has 1 aliphatic rings. The van der Waals surface area contributed by atoms with Crippen LogP contribution in [0, 0.1) is 5.82 Å². The lowest BCUT2D eigenvalue weighted by atomic mass is 9.73. The van der Waals surface area contributed by atoms with Crippen molar-refractivity contribution in [3.05, 3.63) is 59.4 Å². The molecule has 0 spiro atoms. The van der Waals surface area contributed by atoms with Gasteiger partial charge in [-0.1, -0.05) is 19.1 Å². The van der Waals surface area contributed by atoms with Crippen LogP contribution in [-0.2, 0) is 19.7 Å². The molecule has 1 amide bonds. The standard InChI is InChI=1S/C24H28FNO5/c1-4-16(2)31-21-10-9-19(15-20(21)22(27)29-3)26-23(28)24(11-13-30-14-12-24)17-5-7-18(25)8-6-17/h5-10,15-16H,4,11-14H2,1-3H3,(H,26,28)/t16-/m1/s1. The van der Waals surface area contributed by atoms with Gasteiger partial charge in [0.05, 0.1) is 18.6 Å². The van der Waals surface area contributed by atoms with E-state index in [1.807, 2.05) is 13.8 Å². The molecule has 0 aliphatic carbocycles. The zero-order valence-electron chi connectivity index (χ0n) is 18.1. The fourth-order valence-corrected chi connectivity index (χ4v) is 3.67. The second kappa shape index (κ2) is 9.92. The van der Waals surface area contributed by atoms with E-state index in [1.54, 1.807) is 30.3 Å². The number of rotatable bonds is 7. The molecule has 1 fully saturated rings. The van der Waals surface area contributed by atoms with Crippen LogP contribution in [-0.4, -0.2) is 38.3 Å². The van der Waals surface area contributed by atoms with Crippen LogP contribution in [0.5, 0.6) is 5.75 Å². The first-order valence-electron chi connectivity index (χ1n) is 10.4.